The summed E-state index contributed by atoms with van der Waals surface area (Å²) in [5, 5.41) is 9.57. The van der Waals surface area contributed by atoms with Crippen LogP contribution < -0.4 is 0 Å². The third-order valence-electron chi connectivity index (χ3n) is 5.56. The molecule has 1 amide bonds. The molecule has 24 heavy (non-hydrogen) atoms. The van der Waals surface area contributed by atoms with Crippen molar-refractivity contribution < 1.29 is 19.4 Å². The number of hydrogen-bond acceptors (Lipinski definition) is 3. The maximum atomic E-state index is 12.8. The van der Waals surface area contributed by atoms with Gasteiger partial charge in [-0.3, -0.25) is 4.90 Å². The van der Waals surface area contributed by atoms with Gasteiger partial charge in [-0.05, 0) is 42.7 Å². The van der Waals surface area contributed by atoms with Gasteiger partial charge in [0.05, 0.1) is 6.54 Å². The summed E-state index contributed by atoms with van der Waals surface area (Å²) < 4.78 is 5.92. The van der Waals surface area contributed by atoms with Crippen LogP contribution in [0.4, 0.5) is 4.79 Å². The van der Waals surface area contributed by atoms with Crippen molar-refractivity contribution in [1.29, 1.82) is 0 Å². The summed E-state index contributed by atoms with van der Waals surface area (Å²) in [4.78, 5) is 25.9. The molecule has 1 aromatic carbocycles. The summed E-state index contributed by atoms with van der Waals surface area (Å²) >= 11 is 0. The fourth-order valence-corrected chi connectivity index (χ4v) is 3.94. The fraction of sp³-hybridized carbons (Fsp3) is 0.579. The number of carboxylic acid groups (broad SMARTS) is 1. The van der Waals surface area contributed by atoms with E-state index < -0.39 is 23.7 Å². The van der Waals surface area contributed by atoms with Gasteiger partial charge in [0.1, 0.15) is 11.6 Å². The average Bonchev–Trinajstić information content (AvgIpc) is 3.03. The van der Waals surface area contributed by atoms with Crippen LogP contribution in [0.2, 0.25) is 0 Å². The number of hydrogen-bond donors (Lipinski definition) is 1. The van der Waals surface area contributed by atoms with Crippen molar-refractivity contribution in [3.63, 3.8) is 0 Å². The van der Waals surface area contributed by atoms with Crippen molar-refractivity contribution >= 4 is 12.1 Å². The molecule has 0 radical (unpaired) electrons. The lowest BCUT2D eigenvalue weighted by Crippen LogP contribution is -2.51. The number of aliphatic carboxylic acids is 1. The van der Waals surface area contributed by atoms with E-state index >= 15 is 0 Å². The zero-order valence-electron chi connectivity index (χ0n) is 14.3. The molecule has 5 heteroatoms. The smallest absolute Gasteiger partial charge is 0.411 e. The predicted octanol–water partition coefficient (Wildman–Crippen LogP) is 3.60. The van der Waals surface area contributed by atoms with Crippen LogP contribution in [0.15, 0.2) is 24.3 Å². The van der Waals surface area contributed by atoms with Gasteiger partial charge in [-0.25, -0.2) is 9.59 Å². The van der Waals surface area contributed by atoms with Crippen molar-refractivity contribution in [3.8, 4) is 0 Å². The van der Waals surface area contributed by atoms with Crippen molar-refractivity contribution in [1.82, 2.24) is 4.90 Å². The van der Waals surface area contributed by atoms with E-state index in [4.69, 9.17) is 4.74 Å². The number of fused-ring (bicyclic) bond motifs is 1. The maximum absolute atomic E-state index is 12.8. The van der Waals surface area contributed by atoms with Crippen LogP contribution in [0.5, 0.6) is 0 Å². The van der Waals surface area contributed by atoms with Crippen LogP contribution >= 0.6 is 0 Å². The van der Waals surface area contributed by atoms with E-state index in [0.717, 1.165) is 36.8 Å². The van der Waals surface area contributed by atoms with E-state index in [1.807, 2.05) is 24.3 Å². The Morgan fingerprint density at radius 3 is 2.42 bits per heavy atom. The second-order valence-electron chi connectivity index (χ2n) is 7.25. The molecule has 1 saturated carbocycles. The molecule has 1 heterocycles. The number of amides is 1. The Labute approximate surface area is 142 Å². The summed E-state index contributed by atoms with van der Waals surface area (Å²) in [6.45, 7) is 4.43. The summed E-state index contributed by atoms with van der Waals surface area (Å²) in [6, 6.07) is 6.83. The second-order valence-corrected chi connectivity index (χ2v) is 7.25. The van der Waals surface area contributed by atoms with E-state index in [9.17, 15) is 14.7 Å². The van der Waals surface area contributed by atoms with Crippen LogP contribution in [0.3, 0.4) is 0 Å². The molecule has 1 N–H and O–H groups in total. The molecule has 1 atom stereocenters. The van der Waals surface area contributed by atoms with Gasteiger partial charge >= 0.3 is 12.1 Å². The molecule has 1 unspecified atom stereocenters. The largest absolute Gasteiger partial charge is 0.480 e. The third kappa shape index (κ3) is 2.99. The van der Waals surface area contributed by atoms with Crippen LogP contribution in [-0.2, 0) is 22.5 Å². The molecule has 0 bridgehead atoms. The van der Waals surface area contributed by atoms with Gasteiger partial charge in [0.15, 0.2) is 0 Å². The molecule has 130 valence electrons. The zero-order chi connectivity index (χ0) is 17.3. The van der Waals surface area contributed by atoms with Crippen LogP contribution in [0, 0.1) is 5.92 Å². The molecule has 1 aromatic rings. The lowest BCUT2D eigenvalue weighted by Gasteiger charge is -2.39. The van der Waals surface area contributed by atoms with E-state index in [0.29, 0.717) is 13.0 Å². The standard InChI is InChI=1S/C19H25NO4/c1-13(2)19(9-5-6-10-19)24-18(23)20-12-15-8-4-3-7-14(15)11-16(20)17(21)22/h3-4,7-8,13,16H,5-6,9-12H2,1-2H3,(H,21,22). The molecular weight excluding hydrogens is 306 g/mol. The van der Waals surface area contributed by atoms with Crippen molar-refractivity contribution in [3.05, 3.63) is 35.4 Å². The van der Waals surface area contributed by atoms with E-state index in [1.54, 1.807) is 0 Å². The molecule has 1 aliphatic carbocycles. The van der Waals surface area contributed by atoms with Gasteiger partial charge < -0.3 is 9.84 Å². The number of benzene rings is 1. The Hall–Kier alpha value is -2.04. The number of ether oxygens (including phenoxy) is 1. The quantitative estimate of drug-likeness (QED) is 0.919. The summed E-state index contributed by atoms with van der Waals surface area (Å²) in [6.07, 6.45) is 3.66. The first-order valence-electron chi connectivity index (χ1n) is 8.72. The molecular formula is C19H25NO4. The Kier molecular flexibility index (Phi) is 4.52. The minimum atomic E-state index is -0.980. The number of carbonyl (C=O) groups is 2. The Morgan fingerprint density at radius 2 is 1.83 bits per heavy atom. The van der Waals surface area contributed by atoms with Crippen molar-refractivity contribution in [2.24, 2.45) is 5.92 Å². The van der Waals surface area contributed by atoms with Gasteiger partial charge in [-0.1, -0.05) is 38.1 Å². The number of rotatable bonds is 3. The molecule has 1 aliphatic heterocycles. The first kappa shape index (κ1) is 16.8. The monoisotopic (exact) mass is 331 g/mol. The fourth-order valence-electron chi connectivity index (χ4n) is 3.94. The molecule has 2 aliphatic rings. The normalized spacial score (nSPS) is 22.3. The number of nitrogens with zero attached hydrogens (tertiary/aromatic N) is 1. The van der Waals surface area contributed by atoms with Crippen LogP contribution in [0.1, 0.15) is 50.7 Å². The lowest BCUT2D eigenvalue weighted by atomic mass is 9.88. The number of carboxylic acids is 1. The van der Waals surface area contributed by atoms with Gasteiger partial charge in [0.25, 0.3) is 0 Å². The highest BCUT2D eigenvalue weighted by Gasteiger charge is 2.44. The molecule has 3 rings (SSSR count). The Morgan fingerprint density at radius 1 is 1.21 bits per heavy atom. The molecule has 0 saturated heterocycles. The second kappa shape index (κ2) is 6.46. The minimum absolute atomic E-state index is 0.226. The SMILES string of the molecule is CC(C)C1(OC(=O)N2Cc3ccccc3CC2C(=O)O)CCCC1. The highest BCUT2D eigenvalue weighted by molar-refractivity contribution is 5.81. The third-order valence-corrected chi connectivity index (χ3v) is 5.56. The number of carbonyl (C=O) groups excluding carboxylic acids is 1. The van der Waals surface area contributed by atoms with Gasteiger partial charge in [0.2, 0.25) is 0 Å². The van der Waals surface area contributed by atoms with Crippen molar-refractivity contribution in [2.45, 2.75) is 64.1 Å². The van der Waals surface area contributed by atoms with Gasteiger partial charge in [-0.2, -0.15) is 0 Å². The summed E-state index contributed by atoms with van der Waals surface area (Å²) in [7, 11) is 0. The molecule has 0 spiro atoms. The van der Waals surface area contributed by atoms with Gasteiger partial charge in [-0.15, -0.1) is 0 Å². The first-order chi connectivity index (χ1) is 11.4. The van der Waals surface area contributed by atoms with E-state index in [-0.39, 0.29) is 5.92 Å². The highest BCUT2D eigenvalue weighted by Crippen LogP contribution is 2.40. The summed E-state index contributed by atoms with van der Waals surface area (Å²) in [5.74, 6) is -0.754. The highest BCUT2D eigenvalue weighted by atomic mass is 16.6. The molecule has 1 fully saturated rings. The Bertz CT molecular complexity index is 634. The van der Waals surface area contributed by atoms with Crippen molar-refractivity contribution in [2.75, 3.05) is 0 Å². The summed E-state index contributed by atoms with van der Waals surface area (Å²) in [5.41, 5.74) is 1.54. The average molecular weight is 331 g/mol. The first-order valence-corrected chi connectivity index (χ1v) is 8.72. The Balaban J connectivity index is 1.83. The van der Waals surface area contributed by atoms with Crippen LogP contribution in [0.25, 0.3) is 0 Å². The topological polar surface area (TPSA) is 66.8 Å². The lowest BCUT2D eigenvalue weighted by molar-refractivity contribution is -0.144. The molecule has 0 aromatic heterocycles. The van der Waals surface area contributed by atoms with E-state index in [2.05, 4.69) is 13.8 Å². The maximum Gasteiger partial charge on any atom is 0.411 e. The van der Waals surface area contributed by atoms with E-state index in [1.165, 1.54) is 4.90 Å². The van der Waals surface area contributed by atoms with Gasteiger partial charge in [0, 0.05) is 6.42 Å². The minimum Gasteiger partial charge on any atom is -0.480 e. The van der Waals surface area contributed by atoms with Crippen LogP contribution in [-0.4, -0.2) is 33.7 Å². The zero-order valence-corrected chi connectivity index (χ0v) is 14.3. The predicted molar refractivity (Wildman–Crippen MR) is 89.6 cm³/mol. The molecule has 5 nitrogen and oxygen atoms in total.